The van der Waals surface area contributed by atoms with Gasteiger partial charge in [0.2, 0.25) is 0 Å². The molecule has 0 unspecified atom stereocenters. The zero-order valence-electron chi connectivity index (χ0n) is 39.3. The summed E-state index contributed by atoms with van der Waals surface area (Å²) < 4.78 is 24.0. The Morgan fingerprint density at radius 1 is 0.397 bits per heavy atom. The second-order valence-electron chi connectivity index (χ2n) is 17.9. The van der Waals surface area contributed by atoms with E-state index in [1.807, 2.05) is 19.0 Å². The summed E-state index contributed by atoms with van der Waals surface area (Å²) in [6, 6.07) is 0. The highest BCUT2D eigenvalue weighted by Gasteiger charge is 2.38. The Labute approximate surface area is 357 Å². The molecule has 0 N–H and O–H groups in total. The van der Waals surface area contributed by atoms with Crippen LogP contribution in [0.15, 0.2) is 0 Å². The molecule has 342 valence electrons. The number of esters is 4. The predicted molar refractivity (Wildman–Crippen MR) is 239 cm³/mol. The number of carbonyl (C=O) groups is 4. The minimum absolute atomic E-state index is 0.175. The summed E-state index contributed by atoms with van der Waals surface area (Å²) >= 11 is 0. The van der Waals surface area contributed by atoms with Crippen molar-refractivity contribution in [3.63, 3.8) is 0 Å². The number of hydrogen-bond donors (Lipinski definition) is 0. The lowest BCUT2D eigenvalue weighted by molar-refractivity contribution is -0.171. The quantitative estimate of drug-likeness (QED) is 0.0338. The summed E-state index contributed by atoms with van der Waals surface area (Å²) in [6.07, 6.45) is 27.0. The van der Waals surface area contributed by atoms with Gasteiger partial charge in [-0.15, -0.1) is 0 Å². The van der Waals surface area contributed by atoms with E-state index in [9.17, 15) is 19.2 Å². The smallest absolute Gasteiger partial charge is 0.307 e. The van der Waals surface area contributed by atoms with Crippen LogP contribution in [0.4, 0.5) is 0 Å². The highest BCUT2D eigenvalue weighted by molar-refractivity contribution is 5.71. The molecular weight excluding hydrogens is 731 g/mol. The maximum atomic E-state index is 13.6. The summed E-state index contributed by atoms with van der Waals surface area (Å²) in [7, 11) is 3.78. The Bertz CT molecular complexity index is 884. The van der Waals surface area contributed by atoms with E-state index in [0.717, 1.165) is 154 Å². The number of unbranched alkanes of at least 4 members (excludes halogenated alkanes) is 12. The third-order valence-corrected chi connectivity index (χ3v) is 11.6. The lowest BCUT2D eigenvalue weighted by Gasteiger charge is -2.32. The van der Waals surface area contributed by atoms with Crippen LogP contribution in [-0.4, -0.2) is 75.8 Å². The standard InChI is InChI=1S/C49H93NO8/c1-9-15-21-27-42(28-22-16-10-2)35-46(52)56-39-49(38-55-45(51)33-34-50(7)8,40-57-47(53)36-43(29-23-17-11-3)30-24-18-12-4)41-58-48(54)37-44(31-25-19-13-5)32-26-20-14-6/h42-44H,9-41H2,1-8H3. The lowest BCUT2D eigenvalue weighted by Crippen LogP contribution is -2.44. The van der Waals surface area contributed by atoms with Gasteiger partial charge in [0.1, 0.15) is 31.8 Å². The van der Waals surface area contributed by atoms with Gasteiger partial charge in [-0.1, -0.05) is 157 Å². The molecule has 0 fully saturated rings. The van der Waals surface area contributed by atoms with Gasteiger partial charge in [0.15, 0.2) is 0 Å². The molecule has 58 heavy (non-hydrogen) atoms. The summed E-state index contributed by atoms with van der Waals surface area (Å²) in [5.41, 5.74) is -1.24. The van der Waals surface area contributed by atoms with Crippen molar-refractivity contribution in [1.82, 2.24) is 4.90 Å². The number of nitrogens with zero attached hydrogens (tertiary/aromatic N) is 1. The van der Waals surface area contributed by atoms with Gasteiger partial charge in [-0.2, -0.15) is 0 Å². The molecule has 9 heteroatoms. The van der Waals surface area contributed by atoms with E-state index >= 15 is 0 Å². The average molecular weight is 824 g/mol. The van der Waals surface area contributed by atoms with Gasteiger partial charge >= 0.3 is 23.9 Å². The summed E-state index contributed by atoms with van der Waals surface area (Å²) in [5.74, 6) is -0.682. The monoisotopic (exact) mass is 824 g/mol. The van der Waals surface area contributed by atoms with Gasteiger partial charge in [0.25, 0.3) is 0 Å². The van der Waals surface area contributed by atoms with Crippen molar-refractivity contribution in [3.05, 3.63) is 0 Å². The Morgan fingerprint density at radius 3 is 0.862 bits per heavy atom. The highest BCUT2D eigenvalue weighted by Crippen LogP contribution is 2.28. The van der Waals surface area contributed by atoms with Crippen LogP contribution in [0, 0.1) is 23.2 Å². The summed E-state index contributed by atoms with van der Waals surface area (Å²) in [5, 5.41) is 0. The third-order valence-electron chi connectivity index (χ3n) is 11.6. The minimum atomic E-state index is -1.24. The second kappa shape index (κ2) is 37.8. The molecule has 0 atom stereocenters. The first-order chi connectivity index (χ1) is 28.0. The molecule has 0 aliphatic carbocycles. The van der Waals surface area contributed by atoms with E-state index in [1.165, 1.54) is 0 Å². The van der Waals surface area contributed by atoms with Crippen molar-refractivity contribution >= 4 is 23.9 Å². The van der Waals surface area contributed by atoms with Gasteiger partial charge in [-0.25, -0.2) is 0 Å². The number of hydrogen-bond acceptors (Lipinski definition) is 9. The molecule has 0 aliphatic heterocycles. The summed E-state index contributed by atoms with van der Waals surface area (Å²) in [6.45, 7) is 12.9. The van der Waals surface area contributed by atoms with Gasteiger partial charge in [0.05, 0.1) is 6.42 Å². The van der Waals surface area contributed by atoms with Crippen LogP contribution in [-0.2, 0) is 38.1 Å². The number of rotatable bonds is 41. The van der Waals surface area contributed by atoms with Crippen LogP contribution >= 0.6 is 0 Å². The molecule has 0 spiro atoms. The zero-order chi connectivity index (χ0) is 43.3. The largest absolute Gasteiger partial charge is 0.465 e. The molecule has 0 heterocycles. The van der Waals surface area contributed by atoms with Crippen molar-refractivity contribution in [2.45, 2.75) is 221 Å². The Kier molecular flexibility index (Phi) is 36.4. The van der Waals surface area contributed by atoms with Crippen LogP contribution in [0.5, 0.6) is 0 Å². The van der Waals surface area contributed by atoms with Gasteiger partial charge < -0.3 is 23.8 Å². The van der Waals surface area contributed by atoms with Crippen LogP contribution in [0.25, 0.3) is 0 Å². The van der Waals surface area contributed by atoms with Gasteiger partial charge in [0, 0.05) is 25.8 Å². The van der Waals surface area contributed by atoms with E-state index < -0.39 is 11.4 Å². The van der Waals surface area contributed by atoms with Crippen molar-refractivity contribution in [2.24, 2.45) is 23.2 Å². The molecule has 0 aliphatic rings. The zero-order valence-corrected chi connectivity index (χ0v) is 39.3. The predicted octanol–water partition coefficient (Wildman–Crippen LogP) is 12.6. The molecule has 0 saturated carbocycles. The molecule has 0 saturated heterocycles. The van der Waals surface area contributed by atoms with E-state index in [4.69, 9.17) is 18.9 Å². The first kappa shape index (κ1) is 55.8. The maximum Gasteiger partial charge on any atom is 0.307 e. The third kappa shape index (κ3) is 31.7. The highest BCUT2D eigenvalue weighted by atomic mass is 16.6. The second-order valence-corrected chi connectivity index (χ2v) is 17.9. The number of carbonyl (C=O) groups excluding carboxylic acids is 4. The minimum Gasteiger partial charge on any atom is -0.465 e. The molecule has 9 nitrogen and oxygen atoms in total. The van der Waals surface area contributed by atoms with Crippen LogP contribution < -0.4 is 0 Å². The molecule has 0 rings (SSSR count). The van der Waals surface area contributed by atoms with E-state index in [-0.39, 0.29) is 68.5 Å². The van der Waals surface area contributed by atoms with Crippen LogP contribution in [0.3, 0.4) is 0 Å². The average Bonchev–Trinajstić information content (AvgIpc) is 3.19. The molecule has 0 aromatic rings. The fourth-order valence-corrected chi connectivity index (χ4v) is 7.60. The van der Waals surface area contributed by atoms with Gasteiger partial charge in [-0.05, 0) is 70.4 Å². The lowest BCUT2D eigenvalue weighted by atomic mass is 9.90. The van der Waals surface area contributed by atoms with Crippen molar-refractivity contribution in [3.8, 4) is 0 Å². The molecule has 0 amide bonds. The topological polar surface area (TPSA) is 108 Å². The van der Waals surface area contributed by atoms with Crippen molar-refractivity contribution in [1.29, 1.82) is 0 Å². The molecular formula is C49H93NO8. The Balaban J connectivity index is 6.42. The Morgan fingerprint density at radius 2 is 0.638 bits per heavy atom. The normalized spacial score (nSPS) is 11.9. The van der Waals surface area contributed by atoms with Crippen LogP contribution in [0.2, 0.25) is 0 Å². The maximum absolute atomic E-state index is 13.6. The molecule has 0 aromatic heterocycles. The van der Waals surface area contributed by atoms with Gasteiger partial charge in [-0.3, -0.25) is 19.2 Å². The molecule has 0 aromatic carbocycles. The first-order valence-electron chi connectivity index (χ1n) is 24.2. The molecule has 0 bridgehead atoms. The van der Waals surface area contributed by atoms with E-state index in [1.54, 1.807) is 0 Å². The molecule has 0 radical (unpaired) electrons. The van der Waals surface area contributed by atoms with E-state index in [0.29, 0.717) is 25.8 Å². The van der Waals surface area contributed by atoms with Crippen molar-refractivity contribution in [2.75, 3.05) is 47.1 Å². The number of ether oxygens (including phenoxy) is 4. The fourth-order valence-electron chi connectivity index (χ4n) is 7.60. The Hall–Kier alpha value is -2.16. The first-order valence-corrected chi connectivity index (χ1v) is 24.2. The fraction of sp³-hybridized carbons (Fsp3) is 0.918. The van der Waals surface area contributed by atoms with E-state index in [2.05, 4.69) is 41.5 Å². The van der Waals surface area contributed by atoms with Crippen molar-refractivity contribution < 1.29 is 38.1 Å². The van der Waals surface area contributed by atoms with Crippen LogP contribution in [0.1, 0.15) is 221 Å². The summed E-state index contributed by atoms with van der Waals surface area (Å²) in [4.78, 5) is 55.7. The SMILES string of the molecule is CCCCCC(CCCCC)CC(=O)OCC(COC(=O)CCN(C)C)(COC(=O)CC(CCCCC)CCCCC)COC(=O)CC(CCCCC)CCCCC.